The highest BCUT2D eigenvalue weighted by Gasteiger charge is 2.63. The number of ether oxygens (including phenoxy) is 1. The Morgan fingerprint density at radius 2 is 2.04 bits per heavy atom. The Morgan fingerprint density at radius 1 is 1.29 bits per heavy atom. The van der Waals surface area contributed by atoms with Crippen LogP contribution < -0.4 is 5.73 Å². The van der Waals surface area contributed by atoms with Gasteiger partial charge in [-0.15, -0.1) is 0 Å². The van der Waals surface area contributed by atoms with Crippen molar-refractivity contribution in [2.24, 2.45) is 11.1 Å². The smallest absolute Gasteiger partial charge is 0.243 e. The fourth-order valence-electron chi connectivity index (χ4n) is 4.48. The number of carbonyl (C=O) groups is 1. The molecule has 4 rings (SSSR count). The van der Waals surface area contributed by atoms with Gasteiger partial charge in [-0.2, -0.15) is 0 Å². The number of piperazine rings is 1. The molecule has 1 saturated heterocycles. The average Bonchev–Trinajstić information content (AvgIpc) is 3.10. The van der Waals surface area contributed by atoms with Gasteiger partial charge in [0.25, 0.3) is 0 Å². The Labute approximate surface area is 166 Å². The molecule has 7 heteroatoms. The number of nitrogens with two attached hydrogens (primary N) is 1. The van der Waals surface area contributed by atoms with E-state index >= 15 is 0 Å². The standard InChI is InChI=1S/C21H31N5O2/c1-4-28-17-13-21(22,20(17,2)3)19(27)25-11-9-24(10-12-25)14-16-15-26-8-6-5-7-18(26)23-16/h5-8,15,17H,4,9-14,22H2,1-3H3. The summed E-state index contributed by atoms with van der Waals surface area (Å²) in [4.78, 5) is 22.1. The lowest BCUT2D eigenvalue weighted by Gasteiger charge is -2.59. The number of carbonyl (C=O) groups excluding carboxylic acids is 1. The number of hydrogen-bond donors (Lipinski definition) is 1. The Morgan fingerprint density at radius 3 is 2.68 bits per heavy atom. The number of amides is 1. The summed E-state index contributed by atoms with van der Waals surface area (Å²) >= 11 is 0. The van der Waals surface area contributed by atoms with Gasteiger partial charge < -0.3 is 19.8 Å². The van der Waals surface area contributed by atoms with Gasteiger partial charge in [-0.25, -0.2) is 4.98 Å². The molecule has 0 radical (unpaired) electrons. The summed E-state index contributed by atoms with van der Waals surface area (Å²) in [5, 5.41) is 0. The Kier molecular flexibility index (Phi) is 4.93. The molecule has 3 heterocycles. The van der Waals surface area contributed by atoms with Gasteiger partial charge in [-0.05, 0) is 19.1 Å². The van der Waals surface area contributed by atoms with E-state index in [9.17, 15) is 4.79 Å². The van der Waals surface area contributed by atoms with Crippen molar-refractivity contribution in [2.75, 3.05) is 32.8 Å². The number of pyridine rings is 1. The lowest BCUT2D eigenvalue weighted by atomic mass is 9.54. The van der Waals surface area contributed by atoms with Crippen LogP contribution in [0.2, 0.25) is 0 Å². The molecule has 2 N–H and O–H groups in total. The van der Waals surface area contributed by atoms with Crippen molar-refractivity contribution >= 4 is 11.6 Å². The molecule has 2 aromatic heterocycles. The minimum atomic E-state index is -0.823. The van der Waals surface area contributed by atoms with Crippen molar-refractivity contribution in [1.82, 2.24) is 19.2 Å². The van der Waals surface area contributed by atoms with Crippen molar-refractivity contribution < 1.29 is 9.53 Å². The SMILES string of the molecule is CCOC1CC(N)(C(=O)N2CCN(Cc3cn4ccccc4n3)CC2)C1(C)C. The van der Waals surface area contributed by atoms with Gasteiger partial charge in [0, 0.05) is 63.6 Å². The van der Waals surface area contributed by atoms with Gasteiger partial charge in [0.05, 0.1) is 11.8 Å². The minimum absolute atomic E-state index is 0.0581. The second-order valence-electron chi connectivity index (χ2n) is 8.61. The third-order valence-corrected chi connectivity index (χ3v) is 6.67. The number of aromatic nitrogens is 2. The molecule has 0 spiro atoms. The van der Waals surface area contributed by atoms with Crippen molar-refractivity contribution in [3.8, 4) is 0 Å². The molecule has 2 unspecified atom stereocenters. The van der Waals surface area contributed by atoms with Crippen LogP contribution in [0.5, 0.6) is 0 Å². The first kappa shape index (κ1) is 19.4. The van der Waals surface area contributed by atoms with Crippen LogP contribution in [-0.4, -0.2) is 69.5 Å². The number of imidazole rings is 1. The van der Waals surface area contributed by atoms with E-state index in [0.717, 1.165) is 31.0 Å². The zero-order valence-corrected chi connectivity index (χ0v) is 17.1. The van der Waals surface area contributed by atoms with Crippen LogP contribution in [0.3, 0.4) is 0 Å². The summed E-state index contributed by atoms with van der Waals surface area (Å²) < 4.78 is 7.81. The van der Waals surface area contributed by atoms with Gasteiger partial charge in [-0.1, -0.05) is 19.9 Å². The van der Waals surface area contributed by atoms with Crippen LogP contribution in [0.25, 0.3) is 5.65 Å². The fourth-order valence-corrected chi connectivity index (χ4v) is 4.48. The summed E-state index contributed by atoms with van der Waals surface area (Å²) in [5.74, 6) is 0.0702. The van der Waals surface area contributed by atoms with Crippen LogP contribution in [0.1, 0.15) is 32.9 Å². The van der Waals surface area contributed by atoms with E-state index in [4.69, 9.17) is 10.5 Å². The molecule has 2 fully saturated rings. The monoisotopic (exact) mass is 385 g/mol. The van der Waals surface area contributed by atoms with E-state index in [1.165, 1.54) is 0 Å². The van der Waals surface area contributed by atoms with Gasteiger partial charge in [0.15, 0.2) is 0 Å². The lowest BCUT2D eigenvalue weighted by Crippen LogP contribution is -2.76. The van der Waals surface area contributed by atoms with Crippen molar-refractivity contribution in [3.63, 3.8) is 0 Å². The highest BCUT2D eigenvalue weighted by Crippen LogP contribution is 2.50. The van der Waals surface area contributed by atoms with E-state index < -0.39 is 5.54 Å². The van der Waals surface area contributed by atoms with E-state index in [1.54, 1.807) is 0 Å². The molecule has 1 aliphatic heterocycles. The maximum Gasteiger partial charge on any atom is 0.243 e. The van der Waals surface area contributed by atoms with Crippen molar-refractivity contribution in [2.45, 2.75) is 45.4 Å². The molecule has 7 nitrogen and oxygen atoms in total. The quantitative estimate of drug-likeness (QED) is 0.844. The van der Waals surface area contributed by atoms with E-state index in [-0.39, 0.29) is 17.4 Å². The topological polar surface area (TPSA) is 76.1 Å². The van der Waals surface area contributed by atoms with Crippen molar-refractivity contribution in [1.29, 1.82) is 0 Å². The lowest BCUT2D eigenvalue weighted by molar-refractivity contribution is -0.180. The van der Waals surface area contributed by atoms with Crippen LogP contribution in [-0.2, 0) is 16.1 Å². The minimum Gasteiger partial charge on any atom is -0.378 e. The third-order valence-electron chi connectivity index (χ3n) is 6.67. The first-order chi connectivity index (χ1) is 13.3. The molecule has 1 amide bonds. The van der Waals surface area contributed by atoms with Crippen molar-refractivity contribution in [3.05, 3.63) is 36.3 Å². The zero-order valence-electron chi connectivity index (χ0n) is 17.1. The molecule has 152 valence electrons. The predicted octanol–water partition coefficient (Wildman–Crippen LogP) is 1.51. The summed E-state index contributed by atoms with van der Waals surface area (Å²) in [6.45, 7) is 10.6. The van der Waals surface area contributed by atoms with Crippen LogP contribution in [0, 0.1) is 5.41 Å². The first-order valence-electron chi connectivity index (χ1n) is 10.2. The van der Waals surface area contributed by atoms with E-state index in [2.05, 4.69) is 16.1 Å². The zero-order chi connectivity index (χ0) is 19.9. The van der Waals surface area contributed by atoms with Gasteiger partial charge in [-0.3, -0.25) is 9.69 Å². The van der Waals surface area contributed by atoms with Gasteiger partial charge >= 0.3 is 0 Å². The summed E-state index contributed by atoms with van der Waals surface area (Å²) in [7, 11) is 0. The summed E-state index contributed by atoms with van der Waals surface area (Å²) in [6, 6.07) is 6.01. The average molecular weight is 386 g/mol. The molecular weight excluding hydrogens is 354 g/mol. The third kappa shape index (κ3) is 3.11. The Balaban J connectivity index is 1.34. The summed E-state index contributed by atoms with van der Waals surface area (Å²) in [6.07, 6.45) is 4.75. The second-order valence-corrected chi connectivity index (χ2v) is 8.61. The van der Waals surface area contributed by atoms with E-state index in [1.807, 2.05) is 54.5 Å². The maximum atomic E-state index is 13.2. The van der Waals surface area contributed by atoms with Gasteiger partial charge in [0.1, 0.15) is 11.2 Å². The van der Waals surface area contributed by atoms with Crippen LogP contribution >= 0.6 is 0 Å². The van der Waals surface area contributed by atoms with Crippen LogP contribution in [0.4, 0.5) is 0 Å². The molecular formula is C21H31N5O2. The number of fused-ring (bicyclic) bond motifs is 1. The number of rotatable bonds is 5. The fraction of sp³-hybridized carbons (Fsp3) is 0.619. The van der Waals surface area contributed by atoms with Gasteiger partial charge in [0.2, 0.25) is 5.91 Å². The molecule has 28 heavy (non-hydrogen) atoms. The Hall–Kier alpha value is -1.96. The highest BCUT2D eigenvalue weighted by atomic mass is 16.5. The molecule has 2 atom stereocenters. The first-order valence-corrected chi connectivity index (χ1v) is 10.2. The normalized spacial score (nSPS) is 27.7. The predicted molar refractivity (Wildman–Crippen MR) is 108 cm³/mol. The maximum absolute atomic E-state index is 13.2. The largest absolute Gasteiger partial charge is 0.378 e. The number of nitrogens with zero attached hydrogens (tertiary/aromatic N) is 4. The number of hydrogen-bond acceptors (Lipinski definition) is 5. The van der Waals surface area contributed by atoms with Crippen LogP contribution in [0.15, 0.2) is 30.6 Å². The molecule has 0 aromatic carbocycles. The molecule has 0 bridgehead atoms. The molecule has 1 saturated carbocycles. The Bertz CT molecular complexity index is 822. The summed E-state index contributed by atoms with van der Waals surface area (Å²) in [5.41, 5.74) is 7.44. The second kappa shape index (κ2) is 7.13. The molecule has 2 aromatic rings. The molecule has 1 aliphatic carbocycles. The molecule has 2 aliphatic rings. The highest BCUT2D eigenvalue weighted by molar-refractivity contribution is 5.89. The van der Waals surface area contributed by atoms with E-state index in [0.29, 0.717) is 26.1 Å².